The Morgan fingerprint density at radius 3 is 2.52 bits per heavy atom. The number of ketones is 1. The molecule has 2 aromatic rings. The highest BCUT2D eigenvalue weighted by atomic mass is 32.1. The quantitative estimate of drug-likeness (QED) is 0.822. The van der Waals surface area contributed by atoms with Crippen molar-refractivity contribution in [2.45, 2.75) is 38.5 Å². The summed E-state index contributed by atoms with van der Waals surface area (Å²) >= 11 is 1.19. The summed E-state index contributed by atoms with van der Waals surface area (Å²) in [5.41, 5.74) is -0.661. The molecule has 0 saturated heterocycles. The molecule has 5 nitrogen and oxygen atoms in total. The van der Waals surface area contributed by atoms with Crippen LogP contribution in [0.5, 0.6) is 5.75 Å². The highest BCUT2D eigenvalue weighted by molar-refractivity contribution is 7.14. The second-order valence-electron chi connectivity index (χ2n) is 6.50. The van der Waals surface area contributed by atoms with Gasteiger partial charge in [0.15, 0.2) is 5.78 Å². The summed E-state index contributed by atoms with van der Waals surface area (Å²) in [6, 6.07) is 6.05. The van der Waals surface area contributed by atoms with Crippen LogP contribution in [0.25, 0.3) is 0 Å². The van der Waals surface area contributed by atoms with Crippen LogP contribution in [-0.2, 0) is 0 Å². The van der Waals surface area contributed by atoms with Gasteiger partial charge >= 0.3 is 0 Å². The standard InChI is InChI=1S/C18H18FNO4S/c1-9(21)13-8-12-15(25-13)14(16(22)18(2,3)24-12)20-17(23)10-4-6-11(19)7-5-10/h4-8,14,16,22H,1-3H3,(H,20,23)/t14-,16+/m0/s1. The third-order valence-electron chi connectivity index (χ3n) is 4.15. The van der Waals surface area contributed by atoms with Crippen LogP contribution in [-0.4, -0.2) is 28.5 Å². The molecule has 0 spiro atoms. The lowest BCUT2D eigenvalue weighted by Gasteiger charge is -2.40. The molecule has 2 N–H and O–H groups in total. The maximum Gasteiger partial charge on any atom is 0.251 e. The molecule has 0 saturated carbocycles. The predicted molar refractivity (Wildman–Crippen MR) is 91.6 cm³/mol. The van der Waals surface area contributed by atoms with Crippen molar-refractivity contribution in [3.05, 3.63) is 51.5 Å². The molecule has 0 aliphatic carbocycles. The summed E-state index contributed by atoms with van der Waals surface area (Å²) in [7, 11) is 0. The molecule has 1 aliphatic rings. The van der Waals surface area contributed by atoms with Gasteiger partial charge in [0, 0.05) is 11.6 Å². The first-order valence-corrected chi connectivity index (χ1v) is 8.59. The molecule has 3 rings (SSSR count). The van der Waals surface area contributed by atoms with Crippen LogP contribution in [0.3, 0.4) is 0 Å². The topological polar surface area (TPSA) is 75.6 Å². The lowest BCUT2D eigenvalue weighted by Crippen LogP contribution is -2.53. The number of hydrogen-bond donors (Lipinski definition) is 2. The highest BCUT2D eigenvalue weighted by Gasteiger charge is 2.45. The monoisotopic (exact) mass is 363 g/mol. The molecule has 1 amide bonds. The number of carbonyl (C=O) groups excluding carboxylic acids is 2. The number of aliphatic hydroxyl groups excluding tert-OH is 1. The smallest absolute Gasteiger partial charge is 0.251 e. The molecule has 0 bridgehead atoms. The summed E-state index contributed by atoms with van der Waals surface area (Å²) in [4.78, 5) is 25.2. The molecule has 1 aromatic carbocycles. The van der Waals surface area contributed by atoms with Gasteiger partial charge in [-0.3, -0.25) is 9.59 Å². The number of amides is 1. The van der Waals surface area contributed by atoms with Crippen molar-refractivity contribution in [3.8, 4) is 5.75 Å². The van der Waals surface area contributed by atoms with E-state index >= 15 is 0 Å². The van der Waals surface area contributed by atoms with Crippen LogP contribution in [0.1, 0.15) is 51.7 Å². The van der Waals surface area contributed by atoms with Crippen LogP contribution in [0, 0.1) is 5.82 Å². The molecule has 1 aliphatic heterocycles. The number of fused-ring (bicyclic) bond motifs is 1. The first-order valence-electron chi connectivity index (χ1n) is 7.77. The van der Waals surface area contributed by atoms with Gasteiger partial charge in [-0.25, -0.2) is 4.39 Å². The average Bonchev–Trinajstić information content (AvgIpc) is 2.95. The molecule has 1 aromatic heterocycles. The van der Waals surface area contributed by atoms with Gasteiger partial charge < -0.3 is 15.2 Å². The molecular formula is C18H18FNO4S. The first-order chi connectivity index (χ1) is 11.7. The van der Waals surface area contributed by atoms with Gasteiger partial charge in [-0.05, 0) is 45.0 Å². The minimum absolute atomic E-state index is 0.112. The van der Waals surface area contributed by atoms with Gasteiger partial charge in [0.2, 0.25) is 0 Å². The zero-order chi connectivity index (χ0) is 18.4. The largest absolute Gasteiger partial charge is 0.484 e. The van der Waals surface area contributed by atoms with Crippen LogP contribution in [0.15, 0.2) is 30.3 Å². The van der Waals surface area contributed by atoms with Crippen molar-refractivity contribution in [3.63, 3.8) is 0 Å². The number of thiophene rings is 1. The molecule has 0 radical (unpaired) electrons. The maximum atomic E-state index is 13.0. The van der Waals surface area contributed by atoms with Crippen molar-refractivity contribution >= 4 is 23.0 Å². The van der Waals surface area contributed by atoms with Crippen LogP contribution >= 0.6 is 11.3 Å². The molecule has 0 unspecified atom stereocenters. The Morgan fingerprint density at radius 1 is 1.28 bits per heavy atom. The lowest BCUT2D eigenvalue weighted by atomic mass is 9.90. The van der Waals surface area contributed by atoms with E-state index in [1.807, 2.05) is 0 Å². The van der Waals surface area contributed by atoms with E-state index in [2.05, 4.69) is 5.32 Å². The number of benzene rings is 1. The van der Waals surface area contributed by atoms with E-state index in [0.717, 1.165) is 0 Å². The summed E-state index contributed by atoms with van der Waals surface area (Å²) in [6.07, 6.45) is -1.01. The Labute approximate surface area is 148 Å². The molecule has 25 heavy (non-hydrogen) atoms. The number of carbonyl (C=O) groups is 2. The van der Waals surface area contributed by atoms with Crippen molar-refractivity contribution in [2.24, 2.45) is 0 Å². The van der Waals surface area contributed by atoms with Gasteiger partial charge in [-0.1, -0.05) is 0 Å². The van der Waals surface area contributed by atoms with Crippen molar-refractivity contribution in [2.75, 3.05) is 0 Å². The third-order valence-corrected chi connectivity index (χ3v) is 5.45. The number of rotatable bonds is 3. The fraction of sp³-hybridized carbons (Fsp3) is 0.333. The van der Waals surface area contributed by atoms with E-state index in [9.17, 15) is 19.1 Å². The lowest BCUT2D eigenvalue weighted by molar-refractivity contribution is -0.0612. The number of halogens is 1. The summed E-state index contributed by atoms with van der Waals surface area (Å²) in [5, 5.41) is 13.4. The summed E-state index contributed by atoms with van der Waals surface area (Å²) in [6.45, 7) is 4.87. The van der Waals surface area contributed by atoms with Gasteiger partial charge in [0.1, 0.15) is 23.3 Å². The molecule has 0 fully saturated rings. The van der Waals surface area contributed by atoms with E-state index in [1.165, 1.54) is 42.5 Å². The van der Waals surface area contributed by atoms with Crippen LogP contribution in [0.4, 0.5) is 4.39 Å². The van der Waals surface area contributed by atoms with Gasteiger partial charge in [0.05, 0.1) is 15.8 Å². The zero-order valence-electron chi connectivity index (χ0n) is 14.0. The second-order valence-corrected chi connectivity index (χ2v) is 7.59. The van der Waals surface area contributed by atoms with Crippen molar-refractivity contribution < 1.29 is 23.8 Å². The Balaban J connectivity index is 1.95. The van der Waals surface area contributed by atoms with Crippen LogP contribution < -0.4 is 10.1 Å². The highest BCUT2D eigenvalue weighted by Crippen LogP contribution is 2.44. The molecule has 7 heteroatoms. The van der Waals surface area contributed by atoms with Crippen molar-refractivity contribution in [1.29, 1.82) is 0 Å². The molecule has 2 heterocycles. The Hall–Kier alpha value is -2.25. The van der Waals surface area contributed by atoms with E-state index in [1.54, 1.807) is 19.9 Å². The first kappa shape index (κ1) is 17.6. The Bertz CT molecular complexity index is 828. The maximum absolute atomic E-state index is 13.0. The summed E-state index contributed by atoms with van der Waals surface area (Å²) in [5.74, 6) is -0.505. The third kappa shape index (κ3) is 3.29. The number of aliphatic hydroxyl groups is 1. The van der Waals surface area contributed by atoms with Gasteiger partial charge in [-0.15, -0.1) is 11.3 Å². The van der Waals surface area contributed by atoms with E-state index in [4.69, 9.17) is 4.74 Å². The number of nitrogens with one attached hydrogen (secondary N) is 1. The van der Waals surface area contributed by atoms with Crippen LogP contribution in [0.2, 0.25) is 0 Å². The molecular weight excluding hydrogens is 345 g/mol. The summed E-state index contributed by atoms with van der Waals surface area (Å²) < 4.78 is 18.8. The fourth-order valence-electron chi connectivity index (χ4n) is 2.72. The predicted octanol–water partition coefficient (Wildman–Crippen LogP) is 3.09. The minimum atomic E-state index is -1.01. The Kier molecular flexibility index (Phi) is 4.38. The van der Waals surface area contributed by atoms with E-state index in [0.29, 0.717) is 15.5 Å². The van der Waals surface area contributed by atoms with Crippen molar-refractivity contribution in [1.82, 2.24) is 5.32 Å². The molecule has 2 atom stereocenters. The van der Waals surface area contributed by atoms with Gasteiger partial charge in [-0.2, -0.15) is 0 Å². The number of Topliss-reactive ketones (excluding diaryl/α,β-unsaturated/α-hetero) is 1. The number of hydrogen-bond acceptors (Lipinski definition) is 5. The average molecular weight is 363 g/mol. The zero-order valence-corrected chi connectivity index (χ0v) is 14.8. The second kappa shape index (κ2) is 6.24. The minimum Gasteiger partial charge on any atom is -0.484 e. The van der Waals surface area contributed by atoms with E-state index in [-0.39, 0.29) is 11.3 Å². The molecule has 132 valence electrons. The fourth-order valence-corrected chi connectivity index (χ4v) is 3.78. The Morgan fingerprint density at radius 2 is 1.92 bits per heavy atom. The van der Waals surface area contributed by atoms with Gasteiger partial charge in [0.25, 0.3) is 5.91 Å². The van der Waals surface area contributed by atoms with E-state index < -0.39 is 29.5 Å². The normalized spacial score (nSPS) is 21.2. The SMILES string of the molecule is CC(=O)c1cc2c(s1)[C@H](NC(=O)c1ccc(F)cc1)[C@@H](O)C(C)(C)O2. The number of ether oxygens (including phenoxy) is 1.